The Morgan fingerprint density at radius 2 is 1.78 bits per heavy atom. The smallest absolute Gasteiger partial charge is 0.254 e. The summed E-state index contributed by atoms with van der Waals surface area (Å²) >= 11 is 0. The van der Waals surface area contributed by atoms with Gasteiger partial charge in [-0.1, -0.05) is 31.5 Å². The summed E-state index contributed by atoms with van der Waals surface area (Å²) < 4.78 is 11.7. The van der Waals surface area contributed by atoms with E-state index in [4.69, 9.17) is 9.47 Å². The minimum Gasteiger partial charge on any atom is -0.490 e. The van der Waals surface area contributed by atoms with E-state index in [0.29, 0.717) is 43.4 Å². The normalized spacial score (nSPS) is 19.0. The van der Waals surface area contributed by atoms with Crippen LogP contribution in [0.5, 0.6) is 11.5 Å². The molecule has 0 aromatic heterocycles. The number of nitrogens with zero attached hydrogens (tertiary/aromatic N) is 1. The lowest BCUT2D eigenvalue weighted by Crippen LogP contribution is -2.50. The van der Waals surface area contributed by atoms with Gasteiger partial charge < -0.3 is 19.7 Å². The molecule has 0 unspecified atom stereocenters. The molecule has 0 radical (unpaired) electrons. The molecule has 2 heterocycles. The molecular formula is C26H32N2O4. The Morgan fingerprint density at radius 3 is 2.50 bits per heavy atom. The largest absolute Gasteiger partial charge is 0.490 e. The minimum absolute atomic E-state index is 0.0132. The summed E-state index contributed by atoms with van der Waals surface area (Å²) in [7, 11) is 0. The van der Waals surface area contributed by atoms with Gasteiger partial charge in [0.15, 0.2) is 11.5 Å². The van der Waals surface area contributed by atoms with Crippen LogP contribution in [0, 0.1) is 0 Å². The number of hydrogen-bond acceptors (Lipinski definition) is 4. The zero-order valence-electron chi connectivity index (χ0n) is 19.1. The average molecular weight is 437 g/mol. The molecule has 0 saturated heterocycles. The van der Waals surface area contributed by atoms with Crippen LogP contribution in [-0.4, -0.2) is 43.0 Å². The lowest BCUT2D eigenvalue weighted by Gasteiger charge is -2.45. The Morgan fingerprint density at radius 1 is 1.06 bits per heavy atom. The van der Waals surface area contributed by atoms with Crippen LogP contribution in [0.2, 0.25) is 0 Å². The third-order valence-corrected chi connectivity index (χ3v) is 6.30. The van der Waals surface area contributed by atoms with Gasteiger partial charge >= 0.3 is 0 Å². The first-order valence-electron chi connectivity index (χ1n) is 11.7. The van der Waals surface area contributed by atoms with Gasteiger partial charge in [0, 0.05) is 18.7 Å². The van der Waals surface area contributed by atoms with Crippen molar-refractivity contribution in [2.75, 3.05) is 26.3 Å². The van der Waals surface area contributed by atoms with Crippen LogP contribution >= 0.6 is 0 Å². The molecule has 2 aromatic rings. The predicted octanol–water partition coefficient (Wildman–Crippen LogP) is 4.24. The van der Waals surface area contributed by atoms with Crippen molar-refractivity contribution in [1.29, 1.82) is 0 Å². The maximum atomic E-state index is 13.5. The van der Waals surface area contributed by atoms with E-state index in [1.54, 1.807) is 0 Å². The van der Waals surface area contributed by atoms with E-state index in [-0.39, 0.29) is 17.9 Å². The maximum absolute atomic E-state index is 13.5. The van der Waals surface area contributed by atoms with Gasteiger partial charge in [-0.15, -0.1) is 0 Å². The van der Waals surface area contributed by atoms with Crippen molar-refractivity contribution in [2.45, 2.75) is 52.0 Å². The number of rotatable bonds is 8. The molecule has 0 bridgehead atoms. The van der Waals surface area contributed by atoms with E-state index >= 15 is 0 Å². The number of benzene rings is 2. The molecule has 6 heteroatoms. The Kier molecular flexibility index (Phi) is 6.68. The standard InChI is InChI=1S/C26H32N2O4/c1-4-7-13-27-25(29)23-18-10-8-9-11-19(18)26(30)28-14-12-17-15-21(31-5-2)22(32-6-3)16-20(17)24(23)28/h8-11,15-16,23-24H,4-7,12-14H2,1-3H3,(H,27,29)/t23-,24+/m1/s1. The minimum atomic E-state index is -0.466. The van der Waals surface area contributed by atoms with Gasteiger partial charge in [-0.3, -0.25) is 9.59 Å². The highest BCUT2D eigenvalue weighted by Gasteiger charge is 2.46. The van der Waals surface area contributed by atoms with Crippen LogP contribution < -0.4 is 14.8 Å². The highest BCUT2D eigenvalue weighted by Crippen LogP contribution is 2.48. The fourth-order valence-electron chi connectivity index (χ4n) is 4.85. The first kappa shape index (κ1) is 22.2. The lowest BCUT2D eigenvalue weighted by atomic mass is 9.75. The molecule has 2 atom stereocenters. The lowest BCUT2D eigenvalue weighted by molar-refractivity contribution is -0.124. The molecule has 32 heavy (non-hydrogen) atoms. The van der Waals surface area contributed by atoms with Crippen LogP contribution in [0.4, 0.5) is 0 Å². The SMILES string of the molecule is CCCCNC(=O)[C@@H]1c2ccccc2C(=O)N2CCc3cc(OCC)c(OCC)cc3[C@@H]12. The quantitative estimate of drug-likeness (QED) is 0.629. The van der Waals surface area contributed by atoms with Crippen LogP contribution in [0.1, 0.15) is 72.6 Å². The fraction of sp³-hybridized carbons (Fsp3) is 0.462. The summed E-state index contributed by atoms with van der Waals surface area (Å²) in [5, 5.41) is 3.11. The Balaban J connectivity index is 1.83. The summed E-state index contributed by atoms with van der Waals surface area (Å²) in [6.45, 7) is 8.25. The summed E-state index contributed by atoms with van der Waals surface area (Å²) in [5.41, 5.74) is 3.50. The van der Waals surface area contributed by atoms with E-state index in [1.807, 2.05) is 55.1 Å². The Hall–Kier alpha value is -3.02. The molecule has 2 amide bonds. The van der Waals surface area contributed by atoms with Gasteiger partial charge in [0.1, 0.15) is 0 Å². The first-order valence-corrected chi connectivity index (χ1v) is 11.7. The molecule has 170 valence electrons. The average Bonchev–Trinajstić information content (AvgIpc) is 2.80. The van der Waals surface area contributed by atoms with Gasteiger partial charge in [0.05, 0.1) is 25.2 Å². The second-order valence-electron chi connectivity index (χ2n) is 8.27. The topological polar surface area (TPSA) is 67.9 Å². The second kappa shape index (κ2) is 9.63. The van der Waals surface area contributed by atoms with Crippen LogP contribution in [0.25, 0.3) is 0 Å². The molecule has 0 spiro atoms. The number of carbonyl (C=O) groups is 2. The number of carbonyl (C=O) groups excluding carboxylic acids is 2. The van der Waals surface area contributed by atoms with E-state index in [9.17, 15) is 9.59 Å². The highest BCUT2D eigenvalue weighted by atomic mass is 16.5. The predicted molar refractivity (Wildman–Crippen MR) is 123 cm³/mol. The zero-order chi connectivity index (χ0) is 22.7. The number of amides is 2. The molecule has 0 saturated carbocycles. The number of fused-ring (bicyclic) bond motifs is 4. The Bertz CT molecular complexity index is 1000. The highest BCUT2D eigenvalue weighted by molar-refractivity contribution is 6.01. The van der Waals surface area contributed by atoms with Crippen molar-refractivity contribution in [3.8, 4) is 11.5 Å². The number of unbranched alkanes of at least 4 members (excludes halogenated alkanes) is 1. The van der Waals surface area contributed by atoms with Crippen LogP contribution in [0.3, 0.4) is 0 Å². The summed E-state index contributed by atoms with van der Waals surface area (Å²) in [6.07, 6.45) is 2.66. The molecule has 6 nitrogen and oxygen atoms in total. The summed E-state index contributed by atoms with van der Waals surface area (Å²) in [5.74, 6) is 0.862. The zero-order valence-corrected chi connectivity index (χ0v) is 19.1. The van der Waals surface area contributed by atoms with E-state index in [1.165, 1.54) is 0 Å². The number of ether oxygens (including phenoxy) is 2. The third-order valence-electron chi connectivity index (χ3n) is 6.30. The second-order valence-corrected chi connectivity index (χ2v) is 8.27. The summed E-state index contributed by atoms with van der Waals surface area (Å²) in [4.78, 5) is 28.8. The Labute approximate surface area is 189 Å². The summed E-state index contributed by atoms with van der Waals surface area (Å²) in [6, 6.07) is 11.2. The molecule has 0 aliphatic carbocycles. The first-order chi connectivity index (χ1) is 15.6. The molecule has 0 fully saturated rings. The van der Waals surface area contributed by atoms with Gasteiger partial charge in [0.2, 0.25) is 5.91 Å². The van der Waals surface area contributed by atoms with Gasteiger partial charge in [-0.2, -0.15) is 0 Å². The van der Waals surface area contributed by atoms with Crippen molar-refractivity contribution in [2.24, 2.45) is 0 Å². The van der Waals surface area contributed by atoms with E-state index < -0.39 is 5.92 Å². The van der Waals surface area contributed by atoms with Crippen molar-refractivity contribution in [3.05, 3.63) is 58.7 Å². The van der Waals surface area contributed by atoms with Crippen LogP contribution in [0.15, 0.2) is 36.4 Å². The van der Waals surface area contributed by atoms with Crippen molar-refractivity contribution in [1.82, 2.24) is 10.2 Å². The van der Waals surface area contributed by atoms with Gasteiger partial charge in [0.25, 0.3) is 5.91 Å². The fourth-order valence-corrected chi connectivity index (χ4v) is 4.85. The molecular weight excluding hydrogens is 404 g/mol. The van der Waals surface area contributed by atoms with Crippen LogP contribution in [-0.2, 0) is 11.2 Å². The molecule has 2 aliphatic heterocycles. The monoisotopic (exact) mass is 436 g/mol. The van der Waals surface area contributed by atoms with Gasteiger partial charge in [-0.05, 0) is 61.6 Å². The molecule has 2 aliphatic rings. The molecule has 4 rings (SSSR count). The van der Waals surface area contributed by atoms with Crippen molar-refractivity contribution < 1.29 is 19.1 Å². The number of nitrogens with one attached hydrogen (secondary N) is 1. The third kappa shape index (κ3) is 3.94. The number of hydrogen-bond donors (Lipinski definition) is 1. The van der Waals surface area contributed by atoms with Gasteiger partial charge in [-0.25, -0.2) is 0 Å². The molecule has 2 aromatic carbocycles. The molecule has 1 N–H and O–H groups in total. The van der Waals surface area contributed by atoms with E-state index in [0.717, 1.165) is 36.0 Å². The van der Waals surface area contributed by atoms with Crippen molar-refractivity contribution >= 4 is 11.8 Å². The maximum Gasteiger partial charge on any atom is 0.254 e. The van der Waals surface area contributed by atoms with Crippen molar-refractivity contribution in [3.63, 3.8) is 0 Å². The van der Waals surface area contributed by atoms with E-state index in [2.05, 4.69) is 12.2 Å².